The fourth-order valence-electron chi connectivity index (χ4n) is 3.02. The van der Waals surface area contributed by atoms with Crippen molar-refractivity contribution in [1.82, 2.24) is 4.98 Å². The fraction of sp³-hybridized carbons (Fsp3) is 0.167. The number of benzene rings is 3. The van der Waals surface area contributed by atoms with Gasteiger partial charge >= 0.3 is 0 Å². The van der Waals surface area contributed by atoms with E-state index < -0.39 is 0 Å². The van der Waals surface area contributed by atoms with Crippen molar-refractivity contribution >= 4 is 38.3 Å². The molecule has 0 unspecified atom stereocenters. The van der Waals surface area contributed by atoms with Gasteiger partial charge in [-0.3, -0.25) is 4.79 Å². The van der Waals surface area contributed by atoms with Crippen LogP contribution in [-0.4, -0.2) is 24.0 Å². The lowest BCUT2D eigenvalue weighted by Crippen LogP contribution is -2.25. The molecule has 0 saturated carbocycles. The van der Waals surface area contributed by atoms with Crippen molar-refractivity contribution in [3.8, 4) is 11.1 Å². The number of hydrogen-bond acceptors (Lipinski definition) is 4. The topological polar surface area (TPSA) is 45.2 Å². The third kappa shape index (κ3) is 4.19. The minimum atomic E-state index is -0.268. The summed E-state index contributed by atoms with van der Waals surface area (Å²) in [5.74, 6) is -0.445. The highest BCUT2D eigenvalue weighted by Crippen LogP contribution is 2.31. The maximum absolute atomic E-state index is 13.1. The molecule has 1 N–H and O–H groups in total. The monoisotopic (exact) mass is 419 g/mol. The predicted molar refractivity (Wildman–Crippen MR) is 123 cm³/mol. The number of fused-ring (bicyclic) bond motifs is 1. The largest absolute Gasteiger partial charge is 0.349 e. The van der Waals surface area contributed by atoms with E-state index in [4.69, 9.17) is 0 Å². The number of rotatable bonds is 5. The van der Waals surface area contributed by atoms with Crippen molar-refractivity contribution in [2.75, 3.05) is 17.3 Å². The number of amides is 1. The Hall–Kier alpha value is -3.25. The Morgan fingerprint density at radius 3 is 2.27 bits per heavy atom. The summed E-state index contributed by atoms with van der Waals surface area (Å²) in [6.45, 7) is 4.25. The minimum Gasteiger partial charge on any atom is -0.349 e. The van der Waals surface area contributed by atoms with E-state index in [-0.39, 0.29) is 11.7 Å². The van der Waals surface area contributed by atoms with Crippen molar-refractivity contribution < 1.29 is 9.18 Å². The molecule has 0 aliphatic carbocycles. The van der Waals surface area contributed by atoms with Crippen LogP contribution in [0.1, 0.15) is 24.2 Å². The fourth-order valence-corrected chi connectivity index (χ4v) is 4.12. The second-order valence-electron chi connectivity index (χ2n) is 7.42. The lowest BCUT2D eigenvalue weighted by molar-refractivity contribution is 0.102. The molecule has 152 valence electrons. The Morgan fingerprint density at radius 1 is 1.00 bits per heavy atom. The summed E-state index contributed by atoms with van der Waals surface area (Å²) in [6.07, 6.45) is 0. The Balaban J connectivity index is 1.50. The van der Waals surface area contributed by atoms with Gasteiger partial charge in [0.15, 0.2) is 5.13 Å². The van der Waals surface area contributed by atoms with Crippen LogP contribution in [0.3, 0.4) is 0 Å². The maximum atomic E-state index is 13.1. The number of thiazole rings is 1. The van der Waals surface area contributed by atoms with Crippen LogP contribution in [0.4, 0.5) is 15.2 Å². The molecule has 1 heterocycles. The third-order valence-electron chi connectivity index (χ3n) is 5.04. The molecule has 1 aromatic heterocycles. The van der Waals surface area contributed by atoms with Gasteiger partial charge in [0.25, 0.3) is 5.91 Å². The number of nitrogens with zero attached hydrogens (tertiary/aromatic N) is 2. The van der Waals surface area contributed by atoms with E-state index in [0.717, 1.165) is 32.2 Å². The standard InChI is InChI=1S/C24H22FN3OS/c1-15(2)28(3)24-27-21-13-12-20(14-22(21)30-24)26-23(29)18-6-4-16(5-7-18)17-8-10-19(25)11-9-17/h4-15H,1-3H3,(H,26,29). The first kappa shape index (κ1) is 20.0. The van der Waals surface area contributed by atoms with E-state index in [1.54, 1.807) is 35.6 Å². The van der Waals surface area contributed by atoms with Crippen LogP contribution in [0.2, 0.25) is 0 Å². The molecule has 6 heteroatoms. The van der Waals surface area contributed by atoms with Crippen LogP contribution in [0.25, 0.3) is 21.3 Å². The summed E-state index contributed by atoms with van der Waals surface area (Å²) in [5, 5.41) is 3.91. The van der Waals surface area contributed by atoms with E-state index in [1.807, 2.05) is 37.4 Å². The van der Waals surface area contributed by atoms with Crippen LogP contribution < -0.4 is 10.2 Å². The number of hydrogen-bond donors (Lipinski definition) is 1. The van der Waals surface area contributed by atoms with Crippen molar-refractivity contribution in [1.29, 1.82) is 0 Å². The van der Waals surface area contributed by atoms with Gasteiger partial charge in [0.05, 0.1) is 10.2 Å². The molecule has 0 saturated heterocycles. The second-order valence-corrected chi connectivity index (χ2v) is 8.43. The normalized spacial score (nSPS) is 11.1. The SMILES string of the molecule is CC(C)N(C)c1nc2ccc(NC(=O)c3ccc(-c4ccc(F)cc4)cc3)cc2s1. The quantitative estimate of drug-likeness (QED) is 0.419. The van der Waals surface area contributed by atoms with Gasteiger partial charge in [-0.1, -0.05) is 35.6 Å². The van der Waals surface area contributed by atoms with Gasteiger partial charge in [0, 0.05) is 24.3 Å². The first-order valence-corrected chi connectivity index (χ1v) is 10.5. The van der Waals surface area contributed by atoms with Crippen LogP contribution >= 0.6 is 11.3 Å². The van der Waals surface area contributed by atoms with Gasteiger partial charge in [-0.2, -0.15) is 0 Å². The average Bonchev–Trinajstić information content (AvgIpc) is 3.17. The van der Waals surface area contributed by atoms with Gasteiger partial charge in [0.1, 0.15) is 5.82 Å². The Morgan fingerprint density at radius 2 is 1.63 bits per heavy atom. The molecule has 3 aromatic carbocycles. The van der Waals surface area contributed by atoms with Gasteiger partial charge in [0.2, 0.25) is 0 Å². The molecule has 30 heavy (non-hydrogen) atoms. The molecule has 0 bridgehead atoms. The molecule has 0 aliphatic heterocycles. The van der Waals surface area contributed by atoms with Crippen LogP contribution in [0.15, 0.2) is 66.7 Å². The van der Waals surface area contributed by atoms with Crippen LogP contribution in [-0.2, 0) is 0 Å². The summed E-state index contributed by atoms with van der Waals surface area (Å²) < 4.78 is 14.1. The molecule has 4 nitrogen and oxygen atoms in total. The Bertz CT molecular complexity index is 1180. The molecule has 0 spiro atoms. The highest BCUT2D eigenvalue weighted by molar-refractivity contribution is 7.22. The number of carbonyl (C=O) groups is 1. The molecule has 1 amide bonds. The van der Waals surface area contributed by atoms with Crippen molar-refractivity contribution in [2.45, 2.75) is 19.9 Å². The lowest BCUT2D eigenvalue weighted by atomic mass is 10.0. The lowest BCUT2D eigenvalue weighted by Gasteiger charge is -2.19. The molecule has 0 atom stereocenters. The molecule has 4 aromatic rings. The molecule has 0 aliphatic rings. The summed E-state index contributed by atoms with van der Waals surface area (Å²) in [6, 6.07) is 19.7. The van der Waals surface area contributed by atoms with E-state index in [0.29, 0.717) is 11.6 Å². The molecular weight excluding hydrogens is 397 g/mol. The highest BCUT2D eigenvalue weighted by atomic mass is 32.1. The first-order valence-electron chi connectivity index (χ1n) is 9.71. The summed E-state index contributed by atoms with van der Waals surface area (Å²) in [5.41, 5.74) is 4.05. The zero-order chi connectivity index (χ0) is 21.3. The smallest absolute Gasteiger partial charge is 0.255 e. The second kappa shape index (κ2) is 8.24. The summed E-state index contributed by atoms with van der Waals surface area (Å²) in [7, 11) is 2.03. The van der Waals surface area contributed by atoms with Crippen LogP contribution in [0, 0.1) is 5.82 Å². The zero-order valence-electron chi connectivity index (χ0n) is 17.0. The first-order chi connectivity index (χ1) is 14.4. The molecule has 0 radical (unpaired) electrons. The number of nitrogens with one attached hydrogen (secondary N) is 1. The van der Waals surface area contributed by atoms with E-state index in [1.165, 1.54) is 12.1 Å². The Labute approximate surface area is 179 Å². The summed E-state index contributed by atoms with van der Waals surface area (Å²) >= 11 is 1.61. The Kier molecular flexibility index (Phi) is 5.50. The van der Waals surface area contributed by atoms with E-state index in [2.05, 4.69) is 29.0 Å². The van der Waals surface area contributed by atoms with Gasteiger partial charge in [-0.15, -0.1) is 0 Å². The molecule has 0 fully saturated rings. The number of aromatic nitrogens is 1. The van der Waals surface area contributed by atoms with Gasteiger partial charge in [-0.25, -0.2) is 9.37 Å². The molecule has 4 rings (SSSR count). The average molecular weight is 420 g/mol. The summed E-state index contributed by atoms with van der Waals surface area (Å²) in [4.78, 5) is 19.5. The molecular formula is C24H22FN3OS. The number of halogens is 1. The predicted octanol–water partition coefficient (Wildman–Crippen LogP) is 6.20. The van der Waals surface area contributed by atoms with E-state index >= 15 is 0 Å². The number of anilines is 2. The number of carbonyl (C=O) groups excluding carboxylic acids is 1. The minimum absolute atomic E-state index is 0.177. The highest BCUT2D eigenvalue weighted by Gasteiger charge is 2.12. The van der Waals surface area contributed by atoms with Gasteiger partial charge in [-0.05, 0) is 67.4 Å². The van der Waals surface area contributed by atoms with Crippen LogP contribution in [0.5, 0.6) is 0 Å². The third-order valence-corrected chi connectivity index (χ3v) is 6.14. The maximum Gasteiger partial charge on any atom is 0.255 e. The van der Waals surface area contributed by atoms with Gasteiger partial charge < -0.3 is 10.2 Å². The van der Waals surface area contributed by atoms with E-state index in [9.17, 15) is 9.18 Å². The van der Waals surface area contributed by atoms with Crippen molar-refractivity contribution in [2.24, 2.45) is 0 Å². The van der Waals surface area contributed by atoms with Crippen molar-refractivity contribution in [3.05, 3.63) is 78.1 Å². The zero-order valence-corrected chi connectivity index (χ0v) is 17.8. The van der Waals surface area contributed by atoms with Crippen molar-refractivity contribution in [3.63, 3.8) is 0 Å².